The number of unbranched alkanes of at least 4 members (excludes halogenated alkanes) is 1. The van der Waals surface area contributed by atoms with Gasteiger partial charge in [-0.15, -0.1) is 0 Å². The average molecular weight is 573 g/mol. The molecule has 0 N–H and O–H groups in total. The molecule has 0 aliphatic heterocycles. The highest BCUT2D eigenvalue weighted by Gasteiger charge is 2.27. The SMILES string of the molecule is CC(C)(C)CCC1CC1.CC(C)(C)CCCC(F)(F)F.CC(C)(C)CCCCF.CC(F)CCCC(C)(C)C. The highest BCUT2D eigenvalue weighted by molar-refractivity contribution is 4.75. The summed E-state index contributed by atoms with van der Waals surface area (Å²) in [6.45, 7) is 27.4. The highest BCUT2D eigenvalue weighted by Crippen LogP contribution is 2.37. The van der Waals surface area contributed by atoms with Crippen LogP contribution in [-0.2, 0) is 0 Å². The van der Waals surface area contributed by atoms with Crippen molar-refractivity contribution in [3.05, 3.63) is 0 Å². The van der Waals surface area contributed by atoms with Crippen molar-refractivity contribution in [3.63, 3.8) is 0 Å². The van der Waals surface area contributed by atoms with E-state index in [1.165, 1.54) is 25.7 Å². The molecule has 1 atom stereocenters. The van der Waals surface area contributed by atoms with Crippen molar-refractivity contribution in [1.82, 2.24) is 0 Å². The largest absolute Gasteiger partial charge is 0.389 e. The molecule has 0 aromatic carbocycles. The topological polar surface area (TPSA) is 0 Å². The zero-order valence-electron chi connectivity index (χ0n) is 28.4. The van der Waals surface area contributed by atoms with Gasteiger partial charge in [-0.1, -0.05) is 109 Å². The van der Waals surface area contributed by atoms with Gasteiger partial charge in [0.25, 0.3) is 0 Å². The molecule has 0 nitrogen and oxygen atoms in total. The van der Waals surface area contributed by atoms with Gasteiger partial charge in [-0.25, -0.2) is 4.39 Å². The Kier molecular flexibility index (Phi) is 22.7. The first-order valence-electron chi connectivity index (χ1n) is 15.5. The van der Waals surface area contributed by atoms with Gasteiger partial charge in [0.1, 0.15) is 0 Å². The molecule has 1 saturated carbocycles. The second-order valence-corrected chi connectivity index (χ2v) is 16.5. The van der Waals surface area contributed by atoms with Gasteiger partial charge in [0.15, 0.2) is 0 Å². The van der Waals surface area contributed by atoms with E-state index >= 15 is 0 Å². The fourth-order valence-corrected chi connectivity index (χ4v) is 3.53. The zero-order chi connectivity index (χ0) is 31.6. The molecule has 1 aliphatic carbocycles. The minimum Gasteiger partial charge on any atom is -0.251 e. The van der Waals surface area contributed by atoms with Crippen LogP contribution in [0.2, 0.25) is 0 Å². The number of hydrogen-bond acceptors (Lipinski definition) is 0. The Hall–Kier alpha value is -0.350. The van der Waals surface area contributed by atoms with Crippen LogP contribution in [0.25, 0.3) is 0 Å². The molecule has 0 aromatic heterocycles. The number of hydrogen-bond donors (Lipinski definition) is 0. The molecule has 1 aliphatic rings. The van der Waals surface area contributed by atoms with Gasteiger partial charge in [0, 0.05) is 6.42 Å². The molecule has 0 saturated heterocycles. The van der Waals surface area contributed by atoms with E-state index in [9.17, 15) is 22.0 Å². The quantitative estimate of drug-likeness (QED) is 0.180. The maximum Gasteiger partial charge on any atom is 0.389 e. The maximum atomic E-state index is 12.3. The lowest BCUT2D eigenvalue weighted by molar-refractivity contribution is -0.136. The predicted octanol–water partition coefficient (Wildman–Crippen LogP) is 13.7. The molecular weight excluding hydrogens is 503 g/mol. The summed E-state index contributed by atoms with van der Waals surface area (Å²) in [6.07, 6.45) is 7.29. The Labute approximate surface area is 242 Å². The second-order valence-electron chi connectivity index (χ2n) is 16.5. The van der Waals surface area contributed by atoms with Crippen LogP contribution >= 0.6 is 0 Å². The fraction of sp³-hybridized carbons (Fsp3) is 1.00. The standard InChI is InChI=1S/C9H19F.C9H18.C8H15F3.C8H17F/c1-8(10)6-5-7-9(2,3)4;1-9(2,3)7-6-8-4-5-8;1-7(2,3)5-4-6-8(9,10)11;1-8(2,3)6-4-5-7-9/h8H,5-7H2,1-4H3;8H,4-7H2,1-3H3;4-6H2,1-3H3;4-7H2,1-3H3. The van der Waals surface area contributed by atoms with Crippen LogP contribution in [0.5, 0.6) is 0 Å². The minimum absolute atomic E-state index is 0.0191. The van der Waals surface area contributed by atoms with Crippen LogP contribution in [0.3, 0.4) is 0 Å². The van der Waals surface area contributed by atoms with Gasteiger partial charge in [-0.3, -0.25) is 4.39 Å². The first-order chi connectivity index (χ1) is 17.3. The van der Waals surface area contributed by atoms with E-state index in [0.717, 1.165) is 44.4 Å². The Morgan fingerprint density at radius 3 is 1.26 bits per heavy atom. The molecule has 0 spiro atoms. The summed E-state index contributed by atoms with van der Waals surface area (Å²) in [4.78, 5) is 0. The van der Waals surface area contributed by atoms with Crippen molar-refractivity contribution >= 4 is 0 Å². The third-order valence-electron chi connectivity index (χ3n) is 6.23. The van der Waals surface area contributed by atoms with Gasteiger partial charge in [-0.05, 0) is 85.9 Å². The minimum atomic E-state index is -3.98. The number of alkyl halides is 5. The third kappa shape index (κ3) is 54.4. The summed E-state index contributed by atoms with van der Waals surface area (Å²) in [5.74, 6) is 1.12. The molecule has 39 heavy (non-hydrogen) atoms. The van der Waals surface area contributed by atoms with Crippen molar-refractivity contribution in [2.45, 2.75) is 186 Å². The first kappa shape index (κ1) is 43.1. The van der Waals surface area contributed by atoms with Gasteiger partial charge in [0.05, 0.1) is 12.8 Å². The van der Waals surface area contributed by atoms with Crippen molar-refractivity contribution in [1.29, 1.82) is 0 Å². The molecule has 1 fully saturated rings. The van der Waals surface area contributed by atoms with E-state index in [-0.39, 0.29) is 18.5 Å². The summed E-state index contributed by atoms with van der Waals surface area (Å²) < 4.78 is 58.7. The molecular formula is C34H69F5. The summed E-state index contributed by atoms with van der Waals surface area (Å²) in [5.41, 5.74) is 1.35. The Balaban J connectivity index is -0.000000444. The van der Waals surface area contributed by atoms with Crippen molar-refractivity contribution in [2.75, 3.05) is 6.67 Å². The normalized spacial score (nSPS) is 15.2. The molecule has 0 aromatic rings. The summed E-state index contributed by atoms with van der Waals surface area (Å²) >= 11 is 0. The van der Waals surface area contributed by atoms with Crippen molar-refractivity contribution < 1.29 is 22.0 Å². The lowest BCUT2D eigenvalue weighted by Gasteiger charge is -2.17. The van der Waals surface area contributed by atoms with Gasteiger partial charge in [-0.2, -0.15) is 13.2 Å². The van der Waals surface area contributed by atoms with E-state index in [4.69, 9.17) is 0 Å². The van der Waals surface area contributed by atoms with Crippen LogP contribution in [0.15, 0.2) is 0 Å². The average Bonchev–Trinajstić information content (AvgIpc) is 3.48. The molecule has 0 heterocycles. The van der Waals surface area contributed by atoms with Gasteiger partial charge >= 0.3 is 6.18 Å². The van der Waals surface area contributed by atoms with Crippen LogP contribution in [0.1, 0.15) is 173 Å². The predicted molar refractivity (Wildman–Crippen MR) is 164 cm³/mol. The van der Waals surface area contributed by atoms with Gasteiger partial charge in [0.2, 0.25) is 0 Å². The van der Waals surface area contributed by atoms with Crippen LogP contribution in [-0.4, -0.2) is 19.0 Å². The molecule has 1 rings (SSSR count). The summed E-state index contributed by atoms with van der Waals surface area (Å²) in [6, 6.07) is 0. The lowest BCUT2D eigenvalue weighted by Crippen LogP contribution is -2.10. The monoisotopic (exact) mass is 573 g/mol. The Bertz CT molecular complexity index is 518. The zero-order valence-corrected chi connectivity index (χ0v) is 28.4. The van der Waals surface area contributed by atoms with E-state index in [1.807, 2.05) is 20.8 Å². The molecule has 0 bridgehead atoms. The first-order valence-corrected chi connectivity index (χ1v) is 15.5. The van der Waals surface area contributed by atoms with E-state index in [1.54, 1.807) is 6.92 Å². The fourth-order valence-electron chi connectivity index (χ4n) is 3.53. The number of rotatable bonds is 10. The van der Waals surface area contributed by atoms with Gasteiger partial charge < -0.3 is 0 Å². The molecule has 1 unspecified atom stereocenters. The third-order valence-corrected chi connectivity index (χ3v) is 6.23. The van der Waals surface area contributed by atoms with Crippen LogP contribution in [0, 0.1) is 27.6 Å². The molecule has 0 radical (unpaired) electrons. The maximum absolute atomic E-state index is 12.3. The number of halogens is 5. The summed E-state index contributed by atoms with van der Waals surface area (Å²) in [5, 5.41) is 0. The van der Waals surface area contributed by atoms with E-state index in [0.29, 0.717) is 22.7 Å². The second kappa shape index (κ2) is 20.5. The van der Waals surface area contributed by atoms with Crippen molar-refractivity contribution in [3.8, 4) is 0 Å². The Morgan fingerprint density at radius 2 is 0.949 bits per heavy atom. The van der Waals surface area contributed by atoms with E-state index in [2.05, 4.69) is 62.3 Å². The molecule has 5 heteroatoms. The molecule has 240 valence electrons. The smallest absolute Gasteiger partial charge is 0.251 e. The Morgan fingerprint density at radius 1 is 0.564 bits per heavy atom. The highest BCUT2D eigenvalue weighted by atomic mass is 19.4. The molecule has 0 amide bonds. The lowest BCUT2D eigenvalue weighted by atomic mass is 9.89. The van der Waals surface area contributed by atoms with E-state index < -0.39 is 18.8 Å². The van der Waals surface area contributed by atoms with Crippen LogP contribution in [0.4, 0.5) is 22.0 Å². The summed E-state index contributed by atoms with van der Waals surface area (Å²) in [7, 11) is 0. The van der Waals surface area contributed by atoms with Crippen LogP contribution < -0.4 is 0 Å². The van der Waals surface area contributed by atoms with Crippen molar-refractivity contribution in [2.24, 2.45) is 27.6 Å².